The minimum absolute atomic E-state index is 0.110. The van der Waals surface area contributed by atoms with Gasteiger partial charge < -0.3 is 10.1 Å². The second kappa shape index (κ2) is 9.75. The summed E-state index contributed by atoms with van der Waals surface area (Å²) in [5.41, 5.74) is -0.286. The molecule has 0 fully saturated rings. The van der Waals surface area contributed by atoms with E-state index in [4.69, 9.17) is 16.3 Å². The maximum Gasteiger partial charge on any atom is 0.327 e. The average molecular weight is 470 g/mol. The second-order valence-corrected chi connectivity index (χ2v) is 8.92. The van der Waals surface area contributed by atoms with E-state index >= 15 is 0 Å². The molecule has 2 rings (SSSR count). The highest BCUT2D eigenvalue weighted by molar-refractivity contribution is 7.92. The molecule has 0 saturated heterocycles. The van der Waals surface area contributed by atoms with Gasteiger partial charge in [0.2, 0.25) is 5.91 Å². The minimum Gasteiger partial charge on any atom is -0.462 e. The number of hydrogen-bond acceptors (Lipinski definition) is 7. The molecular formula is C19H20ClN3O7S. The Hall–Kier alpha value is -3.18. The van der Waals surface area contributed by atoms with Gasteiger partial charge in [-0.1, -0.05) is 11.6 Å². The molecule has 0 heterocycles. The highest BCUT2D eigenvalue weighted by atomic mass is 35.5. The largest absolute Gasteiger partial charge is 0.462 e. The van der Waals surface area contributed by atoms with Crippen LogP contribution in [0.25, 0.3) is 0 Å². The fraction of sp³-hybridized carbons (Fsp3) is 0.263. The Morgan fingerprint density at radius 3 is 2.32 bits per heavy atom. The van der Waals surface area contributed by atoms with E-state index in [1.807, 2.05) is 0 Å². The Labute approximate surface area is 184 Å². The number of carbonyl (C=O) groups excluding carboxylic acids is 2. The van der Waals surface area contributed by atoms with Crippen molar-refractivity contribution in [2.75, 3.05) is 16.2 Å². The van der Waals surface area contributed by atoms with Crippen molar-refractivity contribution in [2.45, 2.75) is 31.8 Å². The van der Waals surface area contributed by atoms with E-state index in [1.165, 1.54) is 37.3 Å². The molecule has 0 radical (unpaired) electrons. The van der Waals surface area contributed by atoms with Crippen LogP contribution in [0.1, 0.15) is 20.8 Å². The molecule has 31 heavy (non-hydrogen) atoms. The standard InChI is InChI=1S/C19H20ClN3O7S/c1-12(2)30-19(25)11-22(18-10-15(23(26)27)6-9-17(18)20)31(28,29)16-7-4-14(5-8-16)21-13(3)24/h4-10,12H,11H2,1-3H3,(H,21,24). The van der Waals surface area contributed by atoms with E-state index in [0.717, 1.165) is 12.1 Å². The molecule has 0 aliphatic heterocycles. The zero-order valence-corrected chi connectivity index (χ0v) is 18.4. The normalized spacial score (nSPS) is 11.1. The second-order valence-electron chi connectivity index (χ2n) is 6.65. The Morgan fingerprint density at radius 2 is 1.81 bits per heavy atom. The van der Waals surface area contributed by atoms with Gasteiger partial charge >= 0.3 is 5.97 Å². The summed E-state index contributed by atoms with van der Waals surface area (Å²) in [6, 6.07) is 8.45. The maximum absolute atomic E-state index is 13.3. The highest BCUT2D eigenvalue weighted by Gasteiger charge is 2.31. The lowest BCUT2D eigenvalue weighted by Gasteiger charge is -2.25. The van der Waals surface area contributed by atoms with Gasteiger partial charge in [-0.3, -0.25) is 24.0 Å². The van der Waals surface area contributed by atoms with E-state index in [1.54, 1.807) is 13.8 Å². The van der Waals surface area contributed by atoms with E-state index in [2.05, 4.69) is 5.32 Å². The zero-order chi connectivity index (χ0) is 23.3. The maximum atomic E-state index is 13.3. The number of nitrogens with zero attached hydrogens (tertiary/aromatic N) is 2. The van der Waals surface area contributed by atoms with Gasteiger partial charge in [-0.15, -0.1) is 0 Å². The van der Waals surface area contributed by atoms with Crippen LogP contribution in [-0.4, -0.2) is 37.9 Å². The fourth-order valence-electron chi connectivity index (χ4n) is 2.56. The first-order valence-corrected chi connectivity index (χ1v) is 10.8. The van der Waals surface area contributed by atoms with Crippen LogP contribution in [0, 0.1) is 10.1 Å². The summed E-state index contributed by atoms with van der Waals surface area (Å²) < 4.78 is 32.3. The van der Waals surface area contributed by atoms with Gasteiger partial charge in [0.1, 0.15) is 6.54 Å². The van der Waals surface area contributed by atoms with E-state index in [0.29, 0.717) is 9.99 Å². The lowest BCUT2D eigenvalue weighted by molar-refractivity contribution is -0.384. The third-order valence-electron chi connectivity index (χ3n) is 3.81. The number of ether oxygens (including phenoxy) is 1. The van der Waals surface area contributed by atoms with Crippen molar-refractivity contribution in [3.8, 4) is 0 Å². The highest BCUT2D eigenvalue weighted by Crippen LogP contribution is 2.34. The van der Waals surface area contributed by atoms with Crippen molar-refractivity contribution >= 4 is 50.6 Å². The number of amides is 1. The third-order valence-corrected chi connectivity index (χ3v) is 5.91. The molecule has 1 amide bonds. The Morgan fingerprint density at radius 1 is 1.19 bits per heavy atom. The van der Waals surface area contributed by atoms with Gasteiger partial charge in [-0.25, -0.2) is 8.42 Å². The number of rotatable bonds is 8. The number of nitrogens with one attached hydrogen (secondary N) is 1. The number of nitro benzene ring substituents is 1. The SMILES string of the molecule is CC(=O)Nc1ccc(S(=O)(=O)N(CC(=O)OC(C)C)c2cc([N+](=O)[O-])ccc2Cl)cc1. The van der Waals surface area contributed by atoms with Gasteiger partial charge in [0.15, 0.2) is 0 Å². The minimum atomic E-state index is -4.38. The Bertz CT molecular complexity index is 1100. The zero-order valence-electron chi connectivity index (χ0n) is 16.9. The molecule has 1 N–H and O–H groups in total. The smallest absolute Gasteiger partial charge is 0.327 e. The van der Waals surface area contributed by atoms with Crippen molar-refractivity contribution in [1.29, 1.82) is 0 Å². The topological polar surface area (TPSA) is 136 Å². The molecule has 0 unspecified atom stereocenters. The quantitative estimate of drug-likeness (QED) is 0.355. The van der Waals surface area contributed by atoms with Gasteiger partial charge in [0.25, 0.3) is 15.7 Å². The number of nitro groups is 1. The summed E-state index contributed by atoms with van der Waals surface area (Å²) in [5.74, 6) is -1.20. The number of anilines is 2. The van der Waals surface area contributed by atoms with Gasteiger partial charge in [-0.2, -0.15) is 0 Å². The first kappa shape index (κ1) is 24.1. The van der Waals surface area contributed by atoms with E-state index in [9.17, 15) is 28.1 Å². The number of carbonyl (C=O) groups is 2. The van der Waals surface area contributed by atoms with Gasteiger partial charge in [-0.05, 0) is 44.2 Å². The average Bonchev–Trinajstić information content (AvgIpc) is 2.66. The first-order chi connectivity index (χ1) is 14.4. The number of halogens is 1. The number of benzene rings is 2. The van der Waals surface area contributed by atoms with Crippen molar-refractivity contribution < 1.29 is 27.7 Å². The Kier molecular flexibility index (Phi) is 7.58. The fourth-order valence-corrected chi connectivity index (χ4v) is 4.25. The predicted molar refractivity (Wildman–Crippen MR) is 115 cm³/mol. The molecule has 0 spiro atoms. The molecule has 0 atom stereocenters. The summed E-state index contributed by atoms with van der Waals surface area (Å²) in [6.07, 6.45) is -0.505. The summed E-state index contributed by atoms with van der Waals surface area (Å²) in [7, 11) is -4.38. The number of non-ortho nitro benzene ring substituents is 1. The lowest BCUT2D eigenvalue weighted by atomic mass is 10.3. The van der Waals surface area contributed by atoms with Crippen LogP contribution in [-0.2, 0) is 24.3 Å². The summed E-state index contributed by atoms with van der Waals surface area (Å²) >= 11 is 6.13. The third kappa shape index (κ3) is 6.15. The Balaban J connectivity index is 2.56. The summed E-state index contributed by atoms with van der Waals surface area (Å²) in [5, 5.41) is 13.6. The molecule has 0 aromatic heterocycles. The van der Waals surface area contributed by atoms with Crippen molar-refractivity contribution in [3.63, 3.8) is 0 Å². The molecule has 2 aromatic carbocycles. The van der Waals surface area contributed by atoms with Crippen molar-refractivity contribution in [1.82, 2.24) is 0 Å². The summed E-state index contributed by atoms with van der Waals surface area (Å²) in [6.45, 7) is 3.74. The van der Waals surface area contributed by atoms with Crippen LogP contribution < -0.4 is 9.62 Å². The van der Waals surface area contributed by atoms with Crippen LogP contribution in [0.15, 0.2) is 47.4 Å². The predicted octanol–water partition coefficient (Wildman–Crippen LogP) is 3.35. The van der Waals surface area contributed by atoms with E-state index in [-0.39, 0.29) is 21.5 Å². The lowest BCUT2D eigenvalue weighted by Crippen LogP contribution is -2.37. The monoisotopic (exact) mass is 469 g/mol. The molecule has 12 heteroatoms. The molecule has 0 aliphatic carbocycles. The first-order valence-electron chi connectivity index (χ1n) is 8.95. The molecule has 10 nitrogen and oxygen atoms in total. The number of sulfonamides is 1. The molecular weight excluding hydrogens is 450 g/mol. The van der Waals surface area contributed by atoms with E-state index < -0.39 is 39.3 Å². The number of hydrogen-bond donors (Lipinski definition) is 1. The molecule has 0 saturated carbocycles. The molecule has 0 bridgehead atoms. The van der Waals surface area contributed by atoms with Crippen LogP contribution in [0.5, 0.6) is 0 Å². The molecule has 0 aliphatic rings. The van der Waals surface area contributed by atoms with Crippen LogP contribution in [0.2, 0.25) is 5.02 Å². The van der Waals surface area contributed by atoms with Crippen molar-refractivity contribution in [2.24, 2.45) is 0 Å². The number of esters is 1. The van der Waals surface area contributed by atoms with Crippen LogP contribution >= 0.6 is 11.6 Å². The van der Waals surface area contributed by atoms with Gasteiger partial charge in [0, 0.05) is 24.7 Å². The summed E-state index contributed by atoms with van der Waals surface area (Å²) in [4.78, 5) is 33.7. The van der Waals surface area contributed by atoms with Crippen LogP contribution in [0.3, 0.4) is 0 Å². The van der Waals surface area contributed by atoms with Gasteiger partial charge in [0.05, 0.1) is 26.6 Å². The molecule has 2 aromatic rings. The molecule has 166 valence electrons. The van der Waals surface area contributed by atoms with Crippen LogP contribution in [0.4, 0.5) is 17.1 Å². The van der Waals surface area contributed by atoms with Crippen molar-refractivity contribution in [3.05, 3.63) is 57.6 Å².